The molecule has 3 heterocycles. The fourth-order valence-electron chi connectivity index (χ4n) is 1.78. The Bertz CT molecular complexity index is 646. The largest absolute Gasteiger partial charge is 0.324 e. The van der Waals surface area contributed by atoms with Crippen molar-refractivity contribution >= 4 is 22.9 Å². The predicted octanol–water partition coefficient (Wildman–Crippen LogP) is 3.71. The van der Waals surface area contributed by atoms with Crippen LogP contribution < -0.4 is 0 Å². The van der Waals surface area contributed by atoms with E-state index in [1.807, 2.05) is 23.7 Å². The van der Waals surface area contributed by atoms with Crippen LogP contribution in [0.5, 0.6) is 0 Å². The minimum atomic E-state index is 0.674. The molecule has 0 atom stereocenters. The Labute approximate surface area is 114 Å². The van der Waals surface area contributed by atoms with Crippen molar-refractivity contribution in [2.45, 2.75) is 6.54 Å². The highest BCUT2D eigenvalue weighted by Crippen LogP contribution is 2.23. The highest BCUT2D eigenvalue weighted by Gasteiger charge is 2.07. The summed E-state index contributed by atoms with van der Waals surface area (Å²) in [6.45, 7) is 0.674. The van der Waals surface area contributed by atoms with E-state index in [4.69, 9.17) is 11.6 Å². The Morgan fingerprint density at radius 1 is 1.22 bits per heavy atom. The Hall–Kier alpha value is -1.65. The maximum Gasteiger partial charge on any atom is 0.150 e. The van der Waals surface area contributed by atoms with Crippen molar-refractivity contribution in [1.29, 1.82) is 0 Å². The molecule has 3 aromatic heterocycles. The zero-order chi connectivity index (χ0) is 12.4. The first-order valence-electron chi connectivity index (χ1n) is 5.48. The Balaban J connectivity index is 1.92. The average Bonchev–Trinajstić information content (AvgIpc) is 2.98. The van der Waals surface area contributed by atoms with Gasteiger partial charge in [-0.05, 0) is 23.6 Å². The van der Waals surface area contributed by atoms with Crippen LogP contribution in [0.3, 0.4) is 0 Å². The van der Waals surface area contributed by atoms with Crippen LogP contribution in [0, 0.1) is 0 Å². The van der Waals surface area contributed by atoms with Gasteiger partial charge >= 0.3 is 0 Å². The van der Waals surface area contributed by atoms with Gasteiger partial charge in [-0.2, -0.15) is 0 Å². The molecule has 3 rings (SSSR count). The molecule has 0 unspecified atom stereocenters. The quantitative estimate of drug-likeness (QED) is 0.730. The lowest BCUT2D eigenvalue weighted by molar-refractivity contribution is 0.783. The molecule has 0 aliphatic carbocycles. The van der Waals surface area contributed by atoms with Crippen molar-refractivity contribution < 1.29 is 0 Å². The van der Waals surface area contributed by atoms with Crippen molar-refractivity contribution in [3.8, 4) is 10.7 Å². The van der Waals surface area contributed by atoms with Gasteiger partial charge in [0.15, 0.2) is 0 Å². The first-order valence-corrected chi connectivity index (χ1v) is 6.74. The van der Waals surface area contributed by atoms with Crippen LogP contribution in [0.1, 0.15) is 5.69 Å². The number of thiophene rings is 1. The van der Waals surface area contributed by atoms with Gasteiger partial charge in [0.25, 0.3) is 0 Å². The molecule has 0 spiro atoms. The van der Waals surface area contributed by atoms with Crippen LogP contribution in [-0.4, -0.2) is 14.5 Å². The minimum Gasteiger partial charge on any atom is -0.324 e. The first kappa shape index (κ1) is 11.4. The van der Waals surface area contributed by atoms with Gasteiger partial charge in [0, 0.05) is 23.6 Å². The van der Waals surface area contributed by atoms with Gasteiger partial charge in [0.2, 0.25) is 0 Å². The summed E-state index contributed by atoms with van der Waals surface area (Å²) in [5.41, 5.74) is 0.929. The molecular formula is C13H10ClN3S. The zero-order valence-corrected chi connectivity index (χ0v) is 11.0. The van der Waals surface area contributed by atoms with Crippen LogP contribution >= 0.6 is 22.9 Å². The highest BCUT2D eigenvalue weighted by molar-refractivity contribution is 7.13. The summed E-state index contributed by atoms with van der Waals surface area (Å²) in [7, 11) is 0. The summed E-state index contributed by atoms with van der Waals surface area (Å²) >= 11 is 7.64. The van der Waals surface area contributed by atoms with Gasteiger partial charge in [0.1, 0.15) is 5.82 Å². The van der Waals surface area contributed by atoms with Crippen molar-refractivity contribution in [3.05, 3.63) is 59.0 Å². The smallest absolute Gasteiger partial charge is 0.150 e. The van der Waals surface area contributed by atoms with Gasteiger partial charge in [-0.15, -0.1) is 11.3 Å². The summed E-state index contributed by atoms with van der Waals surface area (Å²) in [6, 6.07) is 7.74. The number of aromatic nitrogens is 3. The molecule has 90 valence electrons. The van der Waals surface area contributed by atoms with Crippen molar-refractivity contribution in [3.63, 3.8) is 0 Å². The van der Waals surface area contributed by atoms with Crippen molar-refractivity contribution in [2.75, 3.05) is 0 Å². The molecule has 0 bridgehead atoms. The van der Waals surface area contributed by atoms with Crippen LogP contribution in [0.4, 0.5) is 0 Å². The third-order valence-electron chi connectivity index (χ3n) is 2.57. The second-order valence-corrected chi connectivity index (χ2v) is 5.21. The SMILES string of the molecule is Clc1ccnc(Cn2ccnc2-c2cccs2)c1. The number of rotatable bonds is 3. The maximum absolute atomic E-state index is 5.96. The van der Waals surface area contributed by atoms with Crippen LogP contribution in [0.25, 0.3) is 10.7 Å². The molecule has 0 saturated carbocycles. The lowest BCUT2D eigenvalue weighted by Crippen LogP contribution is -2.02. The van der Waals surface area contributed by atoms with E-state index in [0.29, 0.717) is 11.6 Å². The molecule has 0 fully saturated rings. The second-order valence-electron chi connectivity index (χ2n) is 3.82. The van der Waals surface area contributed by atoms with Gasteiger partial charge < -0.3 is 4.57 Å². The molecule has 0 N–H and O–H groups in total. The molecule has 0 amide bonds. The fourth-order valence-corrected chi connectivity index (χ4v) is 2.70. The Kier molecular flexibility index (Phi) is 3.13. The molecule has 0 aliphatic heterocycles. The molecule has 0 aromatic carbocycles. The van der Waals surface area contributed by atoms with Crippen LogP contribution in [0.15, 0.2) is 48.2 Å². The minimum absolute atomic E-state index is 0.674. The Morgan fingerprint density at radius 2 is 2.17 bits per heavy atom. The standard InChI is InChI=1S/C13H10ClN3S/c14-10-3-4-15-11(8-10)9-17-6-5-16-13(17)12-2-1-7-18-12/h1-8H,9H2. The third kappa shape index (κ3) is 2.30. The van der Waals surface area contributed by atoms with E-state index in [1.54, 1.807) is 29.8 Å². The van der Waals surface area contributed by atoms with E-state index in [1.165, 1.54) is 0 Å². The monoisotopic (exact) mass is 275 g/mol. The normalized spacial score (nSPS) is 10.7. The van der Waals surface area contributed by atoms with Crippen LogP contribution in [-0.2, 0) is 6.54 Å². The lowest BCUT2D eigenvalue weighted by atomic mass is 10.3. The molecular weight excluding hydrogens is 266 g/mol. The van der Waals surface area contributed by atoms with E-state index < -0.39 is 0 Å². The maximum atomic E-state index is 5.96. The van der Waals surface area contributed by atoms with Crippen LogP contribution in [0.2, 0.25) is 5.02 Å². The topological polar surface area (TPSA) is 30.7 Å². The van der Waals surface area contributed by atoms with E-state index in [2.05, 4.69) is 20.6 Å². The van der Waals surface area contributed by atoms with Gasteiger partial charge in [-0.25, -0.2) is 4.98 Å². The molecule has 0 aliphatic rings. The number of pyridine rings is 1. The van der Waals surface area contributed by atoms with Gasteiger partial charge in [-0.1, -0.05) is 17.7 Å². The molecule has 3 nitrogen and oxygen atoms in total. The number of nitrogens with zero attached hydrogens (tertiary/aromatic N) is 3. The van der Waals surface area contributed by atoms with E-state index in [0.717, 1.165) is 16.4 Å². The van der Waals surface area contributed by atoms with Crippen molar-refractivity contribution in [2.24, 2.45) is 0 Å². The van der Waals surface area contributed by atoms with E-state index in [-0.39, 0.29) is 0 Å². The van der Waals surface area contributed by atoms with E-state index in [9.17, 15) is 0 Å². The van der Waals surface area contributed by atoms with Gasteiger partial charge in [-0.3, -0.25) is 4.98 Å². The fraction of sp³-hybridized carbons (Fsp3) is 0.0769. The van der Waals surface area contributed by atoms with Crippen molar-refractivity contribution in [1.82, 2.24) is 14.5 Å². The molecule has 0 radical (unpaired) electrons. The second kappa shape index (κ2) is 4.92. The summed E-state index contributed by atoms with van der Waals surface area (Å²) in [6.07, 6.45) is 5.48. The predicted molar refractivity (Wildman–Crippen MR) is 73.9 cm³/mol. The summed E-state index contributed by atoms with van der Waals surface area (Å²) in [4.78, 5) is 9.85. The zero-order valence-electron chi connectivity index (χ0n) is 9.45. The summed E-state index contributed by atoms with van der Waals surface area (Å²) in [5.74, 6) is 0.965. The lowest BCUT2D eigenvalue weighted by Gasteiger charge is -2.06. The summed E-state index contributed by atoms with van der Waals surface area (Å²) < 4.78 is 2.07. The third-order valence-corrected chi connectivity index (χ3v) is 3.67. The number of hydrogen-bond donors (Lipinski definition) is 0. The number of hydrogen-bond acceptors (Lipinski definition) is 3. The number of halogens is 1. The molecule has 3 aromatic rings. The van der Waals surface area contributed by atoms with Gasteiger partial charge in [0.05, 0.1) is 17.1 Å². The number of imidazole rings is 1. The molecule has 0 saturated heterocycles. The molecule has 5 heteroatoms. The highest BCUT2D eigenvalue weighted by atomic mass is 35.5. The summed E-state index contributed by atoms with van der Waals surface area (Å²) in [5, 5.41) is 2.75. The first-order chi connectivity index (χ1) is 8.83. The van der Waals surface area contributed by atoms with E-state index >= 15 is 0 Å². The average molecular weight is 276 g/mol. The molecule has 18 heavy (non-hydrogen) atoms. The Morgan fingerprint density at radius 3 is 2.94 bits per heavy atom.